The molecule has 84 valence electrons. The summed E-state index contributed by atoms with van der Waals surface area (Å²) in [6.45, 7) is 0. The Morgan fingerprint density at radius 1 is 1.56 bits per heavy atom. The van der Waals surface area contributed by atoms with Crippen LogP contribution in [0.25, 0.3) is 0 Å². The fourth-order valence-corrected chi connectivity index (χ4v) is 1.28. The highest BCUT2D eigenvalue weighted by Gasteiger charge is 2.15. The van der Waals surface area contributed by atoms with E-state index in [1.165, 1.54) is 0 Å². The van der Waals surface area contributed by atoms with Gasteiger partial charge < -0.3 is 10.6 Å². The molecule has 1 aliphatic heterocycles. The number of nitrogens with one attached hydrogen (secondary N) is 1. The van der Waals surface area contributed by atoms with E-state index >= 15 is 0 Å². The van der Waals surface area contributed by atoms with Crippen molar-refractivity contribution in [2.24, 2.45) is 5.73 Å². The smallest absolute Gasteiger partial charge is 0.217 e. The van der Waals surface area contributed by atoms with Crippen LogP contribution < -0.4 is 16.3 Å². The van der Waals surface area contributed by atoms with Crippen LogP contribution in [0.3, 0.4) is 0 Å². The molecule has 0 unspecified atom stereocenters. The number of hydrogen-bond acceptors (Lipinski definition) is 5. The number of nitrogens with two attached hydrogens (primary N) is 1. The molecule has 6 heteroatoms. The first kappa shape index (κ1) is 10.4. The van der Waals surface area contributed by atoms with E-state index in [-0.39, 0.29) is 12.3 Å². The van der Waals surface area contributed by atoms with Gasteiger partial charge in [0, 0.05) is 19.0 Å². The number of amides is 1. The summed E-state index contributed by atoms with van der Waals surface area (Å²) >= 11 is 0. The Hall–Kier alpha value is -2.08. The fraction of sp³-hybridized carbons (Fsp3) is 0.200. The van der Waals surface area contributed by atoms with Gasteiger partial charge in [-0.3, -0.25) is 4.79 Å². The second-order valence-corrected chi connectivity index (χ2v) is 3.31. The van der Waals surface area contributed by atoms with Crippen molar-refractivity contribution in [2.45, 2.75) is 12.8 Å². The molecule has 1 aromatic heterocycles. The molecular formula is C10H12N4O2. The topological polar surface area (TPSA) is 80.5 Å². The van der Waals surface area contributed by atoms with Crippen LogP contribution in [-0.2, 0) is 9.63 Å². The molecule has 0 aromatic carbocycles. The van der Waals surface area contributed by atoms with Gasteiger partial charge in [-0.2, -0.15) is 0 Å². The van der Waals surface area contributed by atoms with E-state index in [1.54, 1.807) is 17.4 Å². The molecule has 0 saturated heterocycles. The van der Waals surface area contributed by atoms with E-state index in [0.717, 1.165) is 5.82 Å². The fourth-order valence-electron chi connectivity index (χ4n) is 1.28. The zero-order valence-corrected chi connectivity index (χ0v) is 8.59. The lowest BCUT2D eigenvalue weighted by Gasteiger charge is -2.11. The van der Waals surface area contributed by atoms with Crippen LogP contribution >= 0.6 is 0 Å². The number of hydrazine groups is 1. The Morgan fingerprint density at radius 2 is 2.44 bits per heavy atom. The third-order valence-corrected chi connectivity index (χ3v) is 2.06. The van der Waals surface area contributed by atoms with Crippen LogP contribution in [-0.4, -0.2) is 10.9 Å². The van der Waals surface area contributed by atoms with Gasteiger partial charge >= 0.3 is 0 Å². The molecule has 0 spiro atoms. The second kappa shape index (κ2) is 4.63. The predicted octanol–water partition coefficient (Wildman–Crippen LogP) is 0.445. The molecule has 1 amide bonds. The molecule has 0 atom stereocenters. The van der Waals surface area contributed by atoms with Gasteiger partial charge in [0.1, 0.15) is 11.6 Å². The van der Waals surface area contributed by atoms with Gasteiger partial charge in [-0.25, -0.2) is 9.99 Å². The Bertz CT molecular complexity index is 405. The monoisotopic (exact) mass is 220 g/mol. The molecule has 3 N–H and O–H groups in total. The maximum absolute atomic E-state index is 10.6. The summed E-state index contributed by atoms with van der Waals surface area (Å²) < 4.78 is 0. The maximum atomic E-state index is 10.6. The highest BCUT2D eigenvalue weighted by molar-refractivity contribution is 5.73. The van der Waals surface area contributed by atoms with E-state index in [1.807, 2.05) is 18.2 Å². The Morgan fingerprint density at radius 3 is 3.12 bits per heavy atom. The first-order chi connectivity index (χ1) is 7.75. The van der Waals surface area contributed by atoms with Gasteiger partial charge in [0.2, 0.25) is 5.91 Å². The van der Waals surface area contributed by atoms with Crippen LogP contribution in [0.5, 0.6) is 0 Å². The van der Waals surface area contributed by atoms with Crippen LogP contribution in [0.4, 0.5) is 5.82 Å². The van der Waals surface area contributed by atoms with Crippen molar-refractivity contribution in [1.82, 2.24) is 10.6 Å². The zero-order valence-electron chi connectivity index (χ0n) is 8.59. The average Bonchev–Trinajstić information content (AvgIpc) is 2.76. The minimum atomic E-state index is -0.346. The van der Waals surface area contributed by atoms with Crippen LogP contribution in [0.1, 0.15) is 12.8 Å². The first-order valence-corrected chi connectivity index (χ1v) is 4.87. The molecule has 2 rings (SSSR count). The Kier molecular flexibility index (Phi) is 3.02. The number of carbonyl (C=O) groups excluding carboxylic acids is 1. The van der Waals surface area contributed by atoms with Gasteiger partial charge in [0.25, 0.3) is 0 Å². The molecule has 0 bridgehead atoms. The minimum Gasteiger partial charge on any atom is -0.391 e. The van der Waals surface area contributed by atoms with Crippen molar-refractivity contribution in [2.75, 3.05) is 5.01 Å². The normalized spacial score (nSPS) is 14.5. The number of hydrogen-bond donors (Lipinski definition) is 2. The van der Waals surface area contributed by atoms with Gasteiger partial charge in [0.05, 0.1) is 6.20 Å². The molecule has 0 radical (unpaired) electrons. The summed E-state index contributed by atoms with van der Waals surface area (Å²) in [6.07, 6.45) is 4.17. The minimum absolute atomic E-state index is 0.267. The van der Waals surface area contributed by atoms with Gasteiger partial charge in [0.15, 0.2) is 0 Å². The maximum Gasteiger partial charge on any atom is 0.217 e. The average molecular weight is 220 g/mol. The van der Waals surface area contributed by atoms with Crippen molar-refractivity contribution in [3.8, 4) is 0 Å². The molecule has 0 aliphatic carbocycles. The SMILES string of the molecule is NC(=O)CCC1=CN(c2ccccn2)NO1. The van der Waals surface area contributed by atoms with E-state index in [0.29, 0.717) is 12.2 Å². The quantitative estimate of drug-likeness (QED) is 0.769. The number of primary amides is 1. The standard InChI is InChI=1S/C10H12N4O2/c11-9(15)5-4-8-7-14(13-16-8)10-3-1-2-6-12-10/h1-3,6-7,13H,4-5H2,(H2,11,15). The van der Waals surface area contributed by atoms with Crippen molar-refractivity contribution in [3.05, 3.63) is 36.4 Å². The lowest BCUT2D eigenvalue weighted by Crippen LogP contribution is -2.27. The predicted molar refractivity (Wildman–Crippen MR) is 57.4 cm³/mol. The summed E-state index contributed by atoms with van der Waals surface area (Å²) in [7, 11) is 0. The van der Waals surface area contributed by atoms with Gasteiger partial charge in [-0.1, -0.05) is 11.7 Å². The van der Waals surface area contributed by atoms with Gasteiger partial charge in [-0.05, 0) is 12.1 Å². The number of anilines is 1. The van der Waals surface area contributed by atoms with E-state index in [4.69, 9.17) is 10.6 Å². The third-order valence-electron chi connectivity index (χ3n) is 2.06. The lowest BCUT2D eigenvalue weighted by atomic mass is 10.2. The highest BCUT2D eigenvalue weighted by atomic mass is 16.7. The number of aromatic nitrogens is 1. The molecule has 0 saturated carbocycles. The summed E-state index contributed by atoms with van der Waals surface area (Å²) in [4.78, 5) is 19.9. The Balaban J connectivity index is 1.98. The molecule has 0 fully saturated rings. The van der Waals surface area contributed by atoms with Crippen molar-refractivity contribution in [1.29, 1.82) is 0 Å². The largest absolute Gasteiger partial charge is 0.391 e. The lowest BCUT2D eigenvalue weighted by molar-refractivity contribution is -0.118. The van der Waals surface area contributed by atoms with E-state index < -0.39 is 0 Å². The molecule has 6 nitrogen and oxygen atoms in total. The van der Waals surface area contributed by atoms with Crippen molar-refractivity contribution in [3.63, 3.8) is 0 Å². The van der Waals surface area contributed by atoms with Crippen LogP contribution in [0, 0.1) is 0 Å². The molecule has 1 aliphatic rings. The van der Waals surface area contributed by atoms with E-state index in [2.05, 4.69) is 10.6 Å². The summed E-state index contributed by atoms with van der Waals surface area (Å²) in [6, 6.07) is 5.54. The van der Waals surface area contributed by atoms with Crippen LogP contribution in [0.15, 0.2) is 36.4 Å². The zero-order chi connectivity index (χ0) is 11.4. The molecule has 2 heterocycles. The number of rotatable bonds is 4. The van der Waals surface area contributed by atoms with Gasteiger partial charge in [-0.15, -0.1) is 0 Å². The van der Waals surface area contributed by atoms with Crippen molar-refractivity contribution < 1.29 is 9.63 Å². The number of nitrogens with zero attached hydrogens (tertiary/aromatic N) is 2. The number of allylic oxidation sites excluding steroid dienone is 1. The molecular weight excluding hydrogens is 208 g/mol. The number of carbonyl (C=O) groups is 1. The second-order valence-electron chi connectivity index (χ2n) is 3.31. The molecule has 1 aromatic rings. The summed E-state index contributed by atoms with van der Waals surface area (Å²) in [5.41, 5.74) is 7.72. The summed E-state index contributed by atoms with van der Waals surface area (Å²) in [5.74, 6) is 1.03. The number of pyridine rings is 1. The van der Waals surface area contributed by atoms with E-state index in [9.17, 15) is 4.79 Å². The molecule has 16 heavy (non-hydrogen) atoms. The first-order valence-electron chi connectivity index (χ1n) is 4.87. The Labute approximate surface area is 92.6 Å². The summed E-state index contributed by atoms with van der Waals surface area (Å²) in [5, 5.41) is 1.64. The third kappa shape index (κ3) is 2.48. The van der Waals surface area contributed by atoms with Crippen LogP contribution in [0.2, 0.25) is 0 Å². The highest BCUT2D eigenvalue weighted by Crippen LogP contribution is 2.17. The van der Waals surface area contributed by atoms with Crippen molar-refractivity contribution >= 4 is 11.7 Å².